The summed E-state index contributed by atoms with van der Waals surface area (Å²) in [5.74, 6) is 0. The molecule has 0 heterocycles. The van der Waals surface area contributed by atoms with E-state index in [1.54, 1.807) is 6.07 Å². The van der Waals surface area contributed by atoms with Crippen LogP contribution in [0.1, 0.15) is 67.3 Å². The molecule has 27 heavy (non-hydrogen) atoms. The fourth-order valence-electron chi connectivity index (χ4n) is 3.35. The first-order chi connectivity index (χ1) is 13.0. The second-order valence-corrected chi connectivity index (χ2v) is 7.61. The lowest BCUT2D eigenvalue weighted by molar-refractivity contribution is 0.0486. The lowest BCUT2D eigenvalue weighted by atomic mass is 9.90. The Hall–Kier alpha value is -1.94. The highest BCUT2D eigenvalue weighted by Crippen LogP contribution is 2.22. The average Bonchev–Trinajstić information content (AvgIpc) is 2.66. The molecule has 0 radical (unpaired) electrons. The van der Waals surface area contributed by atoms with E-state index in [0.29, 0.717) is 6.42 Å². The van der Waals surface area contributed by atoms with E-state index in [1.165, 1.54) is 0 Å². The van der Waals surface area contributed by atoms with Crippen molar-refractivity contribution in [2.75, 3.05) is 0 Å². The van der Waals surface area contributed by atoms with Gasteiger partial charge in [0.1, 0.15) is 0 Å². The van der Waals surface area contributed by atoms with Crippen LogP contribution in [0, 0.1) is 0 Å². The minimum atomic E-state index is -0.678. The monoisotopic (exact) mass is 368 g/mol. The maximum Gasteiger partial charge on any atom is 0.0682 e. The fraction of sp³-hybridized carbons (Fsp3) is 0.417. The molecule has 146 valence electrons. The molecule has 0 aromatic heterocycles. The van der Waals surface area contributed by atoms with Gasteiger partial charge in [-0.3, -0.25) is 0 Å². The van der Waals surface area contributed by atoms with Crippen molar-refractivity contribution >= 4 is 12.2 Å². The summed E-state index contributed by atoms with van der Waals surface area (Å²) in [4.78, 5) is 0. The van der Waals surface area contributed by atoms with Gasteiger partial charge in [-0.2, -0.15) is 0 Å². The van der Waals surface area contributed by atoms with Gasteiger partial charge in [0.2, 0.25) is 0 Å². The Kier molecular flexibility index (Phi) is 8.23. The molecule has 0 saturated carbocycles. The summed E-state index contributed by atoms with van der Waals surface area (Å²) < 4.78 is 0. The fourth-order valence-corrected chi connectivity index (χ4v) is 3.35. The van der Waals surface area contributed by atoms with Crippen LogP contribution >= 0.6 is 0 Å². The minimum Gasteiger partial charge on any atom is -0.392 e. The molecule has 2 rings (SSSR count). The zero-order valence-electron chi connectivity index (χ0n) is 16.5. The number of aliphatic hydroxyl groups excluding tert-OH is 2. The molecule has 0 amide bonds. The Balaban J connectivity index is 2.10. The topological polar surface area (TPSA) is 60.7 Å². The first-order valence-corrected chi connectivity index (χ1v) is 9.80. The van der Waals surface area contributed by atoms with Gasteiger partial charge in [-0.1, -0.05) is 68.7 Å². The lowest BCUT2D eigenvalue weighted by Crippen LogP contribution is -2.27. The summed E-state index contributed by atoms with van der Waals surface area (Å²) in [5.41, 5.74) is 4.04. The van der Waals surface area contributed by atoms with E-state index >= 15 is 0 Å². The van der Waals surface area contributed by atoms with Crippen LogP contribution in [-0.2, 0) is 19.6 Å². The zero-order valence-corrected chi connectivity index (χ0v) is 16.5. The van der Waals surface area contributed by atoms with Gasteiger partial charge >= 0.3 is 0 Å². The van der Waals surface area contributed by atoms with Gasteiger partial charge in [-0.05, 0) is 53.3 Å². The van der Waals surface area contributed by atoms with Gasteiger partial charge in [0.05, 0.1) is 18.8 Å². The Bertz CT molecular complexity index is 725. The third-order valence-electron chi connectivity index (χ3n) is 4.76. The third-order valence-corrected chi connectivity index (χ3v) is 4.76. The first kappa shape index (κ1) is 21.4. The molecule has 0 bridgehead atoms. The Morgan fingerprint density at radius 3 is 2.11 bits per heavy atom. The maximum absolute atomic E-state index is 10.6. The summed E-state index contributed by atoms with van der Waals surface area (Å²) in [6.07, 6.45) is 8.83. The van der Waals surface area contributed by atoms with Gasteiger partial charge in [-0.25, -0.2) is 0 Å². The molecule has 0 saturated heterocycles. The average molecular weight is 369 g/mol. The SMILES string of the molecule is CCCCCC(C)(O)Cc1cccc(C=Cc2cc(CO)cc(CO)c2)c1. The second kappa shape index (κ2) is 10.4. The highest BCUT2D eigenvalue weighted by molar-refractivity contribution is 5.70. The van der Waals surface area contributed by atoms with Crippen LogP contribution in [0.2, 0.25) is 0 Å². The van der Waals surface area contributed by atoms with Crippen LogP contribution in [0.4, 0.5) is 0 Å². The molecule has 0 fully saturated rings. The van der Waals surface area contributed by atoms with E-state index in [2.05, 4.69) is 19.1 Å². The van der Waals surface area contributed by atoms with E-state index in [-0.39, 0.29) is 13.2 Å². The van der Waals surface area contributed by atoms with E-state index in [0.717, 1.165) is 53.5 Å². The predicted molar refractivity (Wildman–Crippen MR) is 112 cm³/mol. The Morgan fingerprint density at radius 1 is 0.852 bits per heavy atom. The molecule has 3 N–H and O–H groups in total. The van der Waals surface area contributed by atoms with Gasteiger partial charge in [0.25, 0.3) is 0 Å². The van der Waals surface area contributed by atoms with Crippen molar-refractivity contribution in [1.82, 2.24) is 0 Å². The predicted octanol–water partition coefficient (Wildman–Crippen LogP) is 4.72. The number of aliphatic hydroxyl groups is 3. The number of unbranched alkanes of at least 4 members (excludes halogenated alkanes) is 2. The molecular formula is C24H32O3. The second-order valence-electron chi connectivity index (χ2n) is 7.61. The van der Waals surface area contributed by atoms with Crippen LogP contribution in [0.15, 0.2) is 42.5 Å². The smallest absolute Gasteiger partial charge is 0.0682 e. The molecule has 0 aliphatic heterocycles. The molecule has 1 unspecified atom stereocenters. The van der Waals surface area contributed by atoms with Crippen LogP contribution in [-0.4, -0.2) is 20.9 Å². The standard InChI is InChI=1S/C24H32O3/c1-3-4-5-11-24(2,27)16-21-8-6-7-19(12-21)9-10-20-13-22(17-25)15-23(14-20)18-26/h6-10,12-15,25-27H,3-5,11,16-18H2,1-2H3. The lowest BCUT2D eigenvalue weighted by Gasteiger charge is -2.23. The van der Waals surface area contributed by atoms with Crippen molar-refractivity contribution < 1.29 is 15.3 Å². The largest absolute Gasteiger partial charge is 0.392 e. The van der Waals surface area contributed by atoms with E-state index in [4.69, 9.17) is 0 Å². The Labute approximate surface area is 163 Å². The molecule has 0 spiro atoms. The molecule has 2 aromatic rings. The number of hydrogen-bond acceptors (Lipinski definition) is 3. The van der Waals surface area contributed by atoms with Crippen LogP contribution in [0.3, 0.4) is 0 Å². The van der Waals surface area contributed by atoms with Gasteiger partial charge in [-0.15, -0.1) is 0 Å². The van der Waals surface area contributed by atoms with Crippen molar-refractivity contribution in [1.29, 1.82) is 0 Å². The maximum atomic E-state index is 10.6. The summed E-state index contributed by atoms with van der Waals surface area (Å²) >= 11 is 0. The summed E-state index contributed by atoms with van der Waals surface area (Å²) in [6.45, 7) is 4.00. The molecule has 0 aliphatic carbocycles. The number of hydrogen-bond donors (Lipinski definition) is 3. The van der Waals surface area contributed by atoms with E-state index < -0.39 is 5.60 Å². The normalized spacial score (nSPS) is 13.8. The summed E-state index contributed by atoms with van der Waals surface area (Å²) in [6, 6.07) is 13.8. The number of rotatable bonds is 10. The molecule has 1 atom stereocenters. The van der Waals surface area contributed by atoms with E-state index in [9.17, 15) is 15.3 Å². The third kappa shape index (κ3) is 7.30. The minimum absolute atomic E-state index is 0.0444. The van der Waals surface area contributed by atoms with Crippen LogP contribution in [0.25, 0.3) is 12.2 Å². The van der Waals surface area contributed by atoms with Crippen molar-refractivity contribution in [3.8, 4) is 0 Å². The van der Waals surface area contributed by atoms with Crippen molar-refractivity contribution in [2.24, 2.45) is 0 Å². The highest BCUT2D eigenvalue weighted by atomic mass is 16.3. The van der Waals surface area contributed by atoms with Crippen LogP contribution < -0.4 is 0 Å². The van der Waals surface area contributed by atoms with Crippen molar-refractivity contribution in [3.63, 3.8) is 0 Å². The molecule has 3 nitrogen and oxygen atoms in total. The zero-order chi connectivity index (χ0) is 19.7. The first-order valence-electron chi connectivity index (χ1n) is 9.80. The summed E-state index contributed by atoms with van der Waals surface area (Å²) in [7, 11) is 0. The van der Waals surface area contributed by atoms with Gasteiger partial charge in [0, 0.05) is 6.42 Å². The van der Waals surface area contributed by atoms with Crippen molar-refractivity contribution in [3.05, 3.63) is 70.3 Å². The summed E-state index contributed by atoms with van der Waals surface area (Å²) in [5, 5.41) is 29.4. The Morgan fingerprint density at radius 2 is 1.48 bits per heavy atom. The molecular weight excluding hydrogens is 336 g/mol. The molecule has 2 aromatic carbocycles. The molecule has 3 heteroatoms. The van der Waals surface area contributed by atoms with E-state index in [1.807, 2.05) is 43.3 Å². The van der Waals surface area contributed by atoms with Crippen LogP contribution in [0.5, 0.6) is 0 Å². The van der Waals surface area contributed by atoms with Gasteiger partial charge < -0.3 is 15.3 Å². The molecule has 0 aliphatic rings. The van der Waals surface area contributed by atoms with Gasteiger partial charge in [0.15, 0.2) is 0 Å². The number of benzene rings is 2. The highest BCUT2D eigenvalue weighted by Gasteiger charge is 2.20. The van der Waals surface area contributed by atoms with Crippen molar-refractivity contribution in [2.45, 2.75) is 64.8 Å². The quantitative estimate of drug-likeness (QED) is 0.420.